The van der Waals surface area contributed by atoms with Crippen LogP contribution in [-0.2, 0) is 34.1 Å². The van der Waals surface area contributed by atoms with E-state index in [-0.39, 0.29) is 58.0 Å². The number of rotatable bonds is 0. The van der Waals surface area contributed by atoms with Crippen molar-refractivity contribution >= 4 is 41.5 Å². The van der Waals surface area contributed by atoms with Crippen LogP contribution in [0.25, 0.3) is 0 Å². The summed E-state index contributed by atoms with van der Waals surface area (Å²) in [5.41, 5.74) is 0. The van der Waals surface area contributed by atoms with Gasteiger partial charge in [-0.25, -0.2) is 0 Å². The van der Waals surface area contributed by atoms with E-state index in [1.807, 2.05) is 0 Å². The van der Waals surface area contributed by atoms with Gasteiger partial charge in [0.1, 0.15) is 0 Å². The van der Waals surface area contributed by atoms with Gasteiger partial charge >= 0.3 is 23.9 Å². The van der Waals surface area contributed by atoms with Crippen molar-refractivity contribution in [1.82, 2.24) is 0 Å². The molecule has 0 amide bonds. The standard InChI is InChI=1S/BH3Si.Co.Cr.Sn.2H/c1-2;;;;;/h2H3;;;;;. The second-order valence-electron chi connectivity index (χ2n) is 0. The molecular weight excluding hydrogens is 269 g/mol. The summed E-state index contributed by atoms with van der Waals surface area (Å²) in [7, 11) is 5.44. The molecule has 0 rings (SSSR count). The fourth-order valence-corrected chi connectivity index (χ4v) is 0. The molecule has 5 heteroatoms. The van der Waals surface area contributed by atoms with Crippen molar-refractivity contribution in [2.24, 2.45) is 0 Å². The summed E-state index contributed by atoms with van der Waals surface area (Å²) in [4.78, 5) is 0. The predicted molar refractivity (Wildman–Crippen MR) is 24.2 cm³/mol. The minimum absolute atomic E-state index is 0. The van der Waals surface area contributed by atoms with Gasteiger partial charge in [0.25, 0.3) is 0 Å². The Kier molecular flexibility index (Phi) is 196. The monoisotopic (exact) mass is 275 g/mol. The average molecular weight is 274 g/mol. The maximum atomic E-state index is 4.64. The molecule has 0 aliphatic carbocycles. The minimum atomic E-state index is 0. The van der Waals surface area contributed by atoms with E-state index in [0.29, 0.717) is 0 Å². The molecule has 5 heavy (non-hydrogen) atoms. The first-order chi connectivity index (χ1) is 1.00. The van der Waals surface area contributed by atoms with Crippen LogP contribution in [0.1, 0.15) is 0 Å². The van der Waals surface area contributed by atoms with Gasteiger partial charge in [-0.05, 0) is 10.1 Å². The molecule has 0 aromatic heterocycles. The Hall–Kier alpha value is 2.12. The molecule has 0 fully saturated rings. The van der Waals surface area contributed by atoms with Crippen molar-refractivity contribution in [3.8, 4) is 0 Å². The molecule has 0 nitrogen and oxygen atoms in total. The fraction of sp³-hybridized carbons (Fsp3) is 0. The summed E-state index contributed by atoms with van der Waals surface area (Å²) in [6.45, 7) is 0. The third kappa shape index (κ3) is 23.1. The Bertz CT molecular complexity index is 11.6. The molecule has 0 aliphatic rings. The zero-order chi connectivity index (χ0) is 2.00. The fourth-order valence-electron chi connectivity index (χ4n) is 0. The molecule has 0 heterocycles. The molecule has 0 aliphatic heterocycles. The van der Waals surface area contributed by atoms with E-state index in [1.54, 1.807) is 0 Å². The summed E-state index contributed by atoms with van der Waals surface area (Å²) < 4.78 is 0. The summed E-state index contributed by atoms with van der Waals surface area (Å²) in [6, 6.07) is 0. The van der Waals surface area contributed by atoms with Gasteiger partial charge in [0, 0.05) is 41.6 Å². The normalized spacial score (nSPS) is 1.60. The first kappa shape index (κ1) is 27.4. The first-order valence-corrected chi connectivity index (χ1v) is 1.73. The van der Waals surface area contributed by atoms with Gasteiger partial charge in [-0.2, -0.15) is 0 Å². The van der Waals surface area contributed by atoms with Crippen LogP contribution < -0.4 is 0 Å². The van der Waals surface area contributed by atoms with Gasteiger partial charge in [0.15, 0.2) is 0 Å². The van der Waals surface area contributed by atoms with Gasteiger partial charge < -0.3 is 0 Å². The van der Waals surface area contributed by atoms with Gasteiger partial charge in [0.2, 0.25) is 0 Å². The topological polar surface area (TPSA) is 0 Å². The van der Waals surface area contributed by atoms with Crippen LogP contribution in [-0.4, -0.2) is 41.5 Å². The second kappa shape index (κ2) is 35.7. The summed E-state index contributed by atoms with van der Waals surface area (Å²) in [5.74, 6) is 0. The Morgan fingerprint density at radius 1 is 1.20 bits per heavy atom. The van der Waals surface area contributed by atoms with Crippen molar-refractivity contribution in [3.05, 3.63) is 0 Å². The molecule has 0 saturated heterocycles. The van der Waals surface area contributed by atoms with Gasteiger partial charge in [-0.3, -0.25) is 0 Å². The van der Waals surface area contributed by atoms with Crippen LogP contribution in [0.3, 0.4) is 0 Å². The van der Waals surface area contributed by atoms with Crippen molar-refractivity contribution in [1.29, 1.82) is 0 Å². The average Bonchev–Trinajstić information content (AvgIpc) is 1.00. The van der Waals surface area contributed by atoms with E-state index in [1.165, 1.54) is 0 Å². The number of hydrogen-bond acceptors (Lipinski definition) is 0. The molecule has 0 unspecified atom stereocenters. The van der Waals surface area contributed by atoms with Gasteiger partial charge in [-0.1, -0.05) is 0 Å². The zero-order valence-corrected chi connectivity index (χ0v) is 11.4. The van der Waals surface area contributed by atoms with E-state index in [0.717, 1.165) is 10.1 Å². The van der Waals surface area contributed by atoms with E-state index in [4.69, 9.17) is 0 Å². The summed E-state index contributed by atoms with van der Waals surface area (Å²) >= 11 is 0. The Morgan fingerprint density at radius 3 is 1.20 bits per heavy atom. The van der Waals surface area contributed by atoms with E-state index < -0.39 is 0 Å². The van der Waals surface area contributed by atoms with Gasteiger partial charge in [0.05, 0.1) is 0 Å². The molecule has 0 bridgehead atoms. The zero-order valence-electron chi connectivity index (χ0n) is 3.03. The quantitative estimate of drug-likeness (QED) is 0.429. The van der Waals surface area contributed by atoms with Crippen LogP contribution in [0.15, 0.2) is 0 Å². The molecule has 0 atom stereocenters. The molecule has 5 radical (unpaired) electrons. The number of hydrogen-bond donors (Lipinski definition) is 0. The van der Waals surface area contributed by atoms with Crippen LogP contribution in [0.5, 0.6) is 0 Å². The van der Waals surface area contributed by atoms with E-state index in [9.17, 15) is 0 Å². The van der Waals surface area contributed by atoms with Crippen LogP contribution in [0.2, 0.25) is 0 Å². The second-order valence-corrected chi connectivity index (χ2v) is 0. The SMILES string of the molecule is [B][SiH3].[Co].[Cr].[SnH2]. The molecule has 0 aromatic rings. The molecular formula is H5BCoCrSiSn. The Balaban J connectivity index is -0.00000000167. The molecule has 0 spiro atoms. The summed E-state index contributed by atoms with van der Waals surface area (Å²) in [6.07, 6.45) is 0. The van der Waals surface area contributed by atoms with Crippen molar-refractivity contribution < 1.29 is 34.1 Å². The Labute approximate surface area is 74.9 Å². The molecule has 0 N–H and O–H groups in total. The van der Waals surface area contributed by atoms with Crippen molar-refractivity contribution in [2.75, 3.05) is 0 Å². The van der Waals surface area contributed by atoms with Crippen LogP contribution in [0.4, 0.5) is 0 Å². The predicted octanol–water partition coefficient (Wildman–Crippen LogP) is -2.49. The summed E-state index contributed by atoms with van der Waals surface area (Å²) in [5, 5.41) is 0. The van der Waals surface area contributed by atoms with Crippen LogP contribution in [0, 0.1) is 0 Å². The first-order valence-electron chi connectivity index (χ1n) is 0.577. The molecule has 0 aromatic carbocycles. The third-order valence-corrected chi connectivity index (χ3v) is 0. The van der Waals surface area contributed by atoms with E-state index >= 15 is 0 Å². The molecule has 0 saturated carbocycles. The third-order valence-electron chi connectivity index (χ3n) is 0. The van der Waals surface area contributed by atoms with Crippen LogP contribution >= 0.6 is 0 Å². The van der Waals surface area contributed by atoms with Crippen molar-refractivity contribution in [3.63, 3.8) is 0 Å². The van der Waals surface area contributed by atoms with Gasteiger partial charge in [-0.15, -0.1) is 0 Å². The van der Waals surface area contributed by atoms with E-state index in [2.05, 4.69) is 7.44 Å². The Morgan fingerprint density at radius 2 is 1.20 bits per heavy atom. The molecule has 31 valence electrons. The van der Waals surface area contributed by atoms with Crippen molar-refractivity contribution in [2.45, 2.75) is 0 Å². The maximum absolute atomic E-state index is 4.64.